The van der Waals surface area contributed by atoms with E-state index >= 15 is 0 Å². The normalized spacial score (nSPS) is 15.4. The highest BCUT2D eigenvalue weighted by atomic mass is 32.2. The molecule has 0 radical (unpaired) electrons. The quantitative estimate of drug-likeness (QED) is 0.398. The lowest BCUT2D eigenvalue weighted by atomic mass is 10.8. The second kappa shape index (κ2) is 4.24. The molecule has 0 aromatic carbocycles. The molecule has 0 spiro atoms. The van der Waals surface area contributed by atoms with Crippen LogP contribution in [0, 0.1) is 0 Å². The highest BCUT2D eigenvalue weighted by molar-refractivity contribution is 7.84. The summed E-state index contributed by atoms with van der Waals surface area (Å²) in [5.41, 5.74) is 0. The van der Waals surface area contributed by atoms with Crippen molar-refractivity contribution < 1.29 is 22.7 Å². The summed E-state index contributed by atoms with van der Waals surface area (Å²) in [5, 5.41) is 0. The Bertz CT molecular complexity index is 181. The Balaban J connectivity index is 0.000000162. The van der Waals surface area contributed by atoms with Gasteiger partial charge in [-0.15, -0.1) is 0 Å². The molecule has 0 saturated carbocycles. The van der Waals surface area contributed by atoms with E-state index in [4.69, 9.17) is 17.7 Å². The average Bonchev–Trinajstić information content (AvgIpc) is 2.07. The molecule has 0 aromatic rings. The van der Waals surface area contributed by atoms with Crippen LogP contribution < -0.4 is 4.99 Å². The van der Waals surface area contributed by atoms with Crippen molar-refractivity contribution in [3.63, 3.8) is 0 Å². The van der Waals surface area contributed by atoms with Crippen LogP contribution in [0.1, 0.15) is 0 Å². The summed E-state index contributed by atoms with van der Waals surface area (Å²) in [6, 6.07) is 0. The van der Waals surface area contributed by atoms with Crippen molar-refractivity contribution in [1.29, 1.82) is 0 Å². The van der Waals surface area contributed by atoms with Crippen molar-refractivity contribution in [2.45, 2.75) is 0 Å². The largest absolute Gasteiger partial charge is 0.748 e. The fourth-order valence-electron chi connectivity index (χ4n) is 0.295. The van der Waals surface area contributed by atoms with Gasteiger partial charge in [0.05, 0.1) is 10.1 Å². The second-order valence-corrected chi connectivity index (χ2v) is 3.06. The third-order valence-electron chi connectivity index (χ3n) is 0.531. The average molecular weight is 167 g/mol. The van der Waals surface area contributed by atoms with Gasteiger partial charge >= 0.3 is 6.40 Å². The fourth-order valence-corrected chi connectivity index (χ4v) is 0.295. The summed E-state index contributed by atoms with van der Waals surface area (Å²) in [7, 11) is -3.92. The minimum atomic E-state index is -3.92. The van der Waals surface area contributed by atoms with E-state index in [2.05, 4.69) is 4.99 Å². The Kier molecular flexibility index (Phi) is 3.97. The van der Waals surface area contributed by atoms with Gasteiger partial charge < -0.3 is 9.29 Å². The van der Waals surface area contributed by atoms with Crippen LogP contribution in [-0.2, 0) is 14.9 Å². The van der Waals surface area contributed by atoms with Crippen LogP contribution >= 0.6 is 0 Å². The van der Waals surface area contributed by atoms with E-state index in [0.29, 0.717) is 6.26 Å². The van der Waals surface area contributed by atoms with Crippen molar-refractivity contribution in [3.8, 4) is 0 Å². The monoisotopic (exact) mass is 167 g/mol. The van der Waals surface area contributed by atoms with E-state index in [-0.39, 0.29) is 0 Å². The van der Waals surface area contributed by atoms with Gasteiger partial charge in [0, 0.05) is 6.26 Å². The number of hydrogen-bond donors (Lipinski definition) is 1. The zero-order valence-electron chi connectivity index (χ0n) is 5.53. The van der Waals surface area contributed by atoms with Crippen molar-refractivity contribution in [2.24, 2.45) is 0 Å². The first kappa shape index (κ1) is 9.38. The van der Waals surface area contributed by atoms with Gasteiger partial charge in [-0.3, -0.25) is 0 Å². The number of ether oxygens (including phenoxy) is 1. The van der Waals surface area contributed by atoms with Gasteiger partial charge in [0.2, 0.25) is 0 Å². The smallest absolute Gasteiger partial charge is 0.322 e. The molecule has 1 N–H and O–H groups in total. The van der Waals surface area contributed by atoms with Crippen molar-refractivity contribution in [3.05, 3.63) is 0 Å². The zero-order chi connectivity index (χ0) is 8.04. The molecule has 0 saturated heterocycles. The van der Waals surface area contributed by atoms with Gasteiger partial charge in [-0.25, -0.2) is 13.4 Å². The summed E-state index contributed by atoms with van der Waals surface area (Å²) in [6.07, 6.45) is 2.22. The number of nitrogens with one attached hydrogen (secondary N) is 1. The minimum Gasteiger partial charge on any atom is -0.748 e. The first-order chi connectivity index (χ1) is 4.50. The van der Waals surface area contributed by atoms with Crippen molar-refractivity contribution in [2.75, 3.05) is 19.4 Å². The highest BCUT2D eigenvalue weighted by Gasteiger charge is 1.92. The molecule has 0 bridgehead atoms. The molecule has 1 rings (SSSR count). The minimum absolute atomic E-state index is 0.604. The molecule has 0 unspecified atom stereocenters. The number of rotatable bonds is 0. The predicted octanol–water partition coefficient (Wildman–Crippen LogP) is -2.71. The molecular formula is C4H9NO4S. The van der Waals surface area contributed by atoms with E-state index in [1.807, 2.05) is 0 Å². The molecule has 1 aliphatic rings. The molecule has 1 heterocycles. The van der Waals surface area contributed by atoms with Gasteiger partial charge in [-0.05, 0) is 0 Å². The Labute approximate surface area is 59.5 Å². The maximum atomic E-state index is 9.08. The summed E-state index contributed by atoms with van der Waals surface area (Å²) < 4.78 is 31.9. The molecule has 0 aromatic heterocycles. The third-order valence-corrected chi connectivity index (χ3v) is 0.531. The highest BCUT2D eigenvalue weighted by Crippen LogP contribution is 1.60. The van der Waals surface area contributed by atoms with Crippen LogP contribution in [0.25, 0.3) is 0 Å². The molecule has 5 nitrogen and oxygen atoms in total. The first-order valence-electron chi connectivity index (χ1n) is 2.57. The topological polar surface area (TPSA) is 80.4 Å². The van der Waals surface area contributed by atoms with Gasteiger partial charge in [0.25, 0.3) is 0 Å². The molecule has 0 aliphatic carbocycles. The lowest BCUT2D eigenvalue weighted by Crippen LogP contribution is -2.65. The summed E-state index contributed by atoms with van der Waals surface area (Å²) in [4.78, 5) is 2.88. The van der Waals surface area contributed by atoms with Gasteiger partial charge in [-0.1, -0.05) is 0 Å². The van der Waals surface area contributed by atoms with Gasteiger partial charge in [-0.2, -0.15) is 0 Å². The molecule has 60 valence electrons. The lowest BCUT2D eigenvalue weighted by Gasteiger charge is -1.90. The Morgan fingerprint density at radius 2 is 2.20 bits per heavy atom. The summed E-state index contributed by atoms with van der Waals surface area (Å²) in [5.74, 6) is 0. The predicted molar refractivity (Wildman–Crippen MR) is 33.5 cm³/mol. The molecule has 0 fully saturated rings. The zero-order valence-corrected chi connectivity index (χ0v) is 6.35. The summed E-state index contributed by atoms with van der Waals surface area (Å²) >= 11 is 0. The SMILES string of the molecule is C1=[NH+]CCO1.CS(=O)(=O)[O-]. The maximum Gasteiger partial charge on any atom is 0.322 e. The van der Waals surface area contributed by atoms with Crippen LogP contribution in [0.4, 0.5) is 0 Å². The van der Waals surface area contributed by atoms with Gasteiger partial charge in [0.1, 0.15) is 0 Å². The van der Waals surface area contributed by atoms with E-state index < -0.39 is 10.1 Å². The van der Waals surface area contributed by atoms with Crippen molar-refractivity contribution >= 4 is 16.5 Å². The molecule has 1 aliphatic heterocycles. The van der Waals surface area contributed by atoms with Crippen LogP contribution in [0.15, 0.2) is 0 Å². The third kappa shape index (κ3) is 15.7. The molecule has 10 heavy (non-hydrogen) atoms. The maximum absolute atomic E-state index is 9.08. The molecular weight excluding hydrogens is 158 g/mol. The first-order valence-corrected chi connectivity index (χ1v) is 4.39. The van der Waals surface area contributed by atoms with E-state index in [0.717, 1.165) is 13.2 Å². The van der Waals surface area contributed by atoms with E-state index in [1.54, 1.807) is 6.40 Å². The van der Waals surface area contributed by atoms with Crippen LogP contribution in [-0.4, -0.2) is 38.8 Å². The standard InChI is InChI=1S/C3H5NO.CH4O3S/c1-2-5-3-4-1;1-5(2,3)4/h3H,1-2H2;1H3,(H,2,3,4). The van der Waals surface area contributed by atoms with Gasteiger partial charge in [0.15, 0.2) is 13.2 Å². The van der Waals surface area contributed by atoms with E-state index in [1.165, 1.54) is 0 Å². The lowest BCUT2D eigenvalue weighted by molar-refractivity contribution is -0.439. The number of hydrogen-bond acceptors (Lipinski definition) is 4. The Morgan fingerprint density at radius 3 is 2.30 bits per heavy atom. The summed E-state index contributed by atoms with van der Waals surface area (Å²) in [6.45, 7) is 1.81. The Morgan fingerprint density at radius 1 is 1.70 bits per heavy atom. The van der Waals surface area contributed by atoms with Crippen molar-refractivity contribution in [1.82, 2.24) is 0 Å². The van der Waals surface area contributed by atoms with Crippen LogP contribution in [0.3, 0.4) is 0 Å². The molecule has 0 atom stereocenters. The second-order valence-electron chi connectivity index (χ2n) is 1.65. The Hall–Kier alpha value is -0.620. The fraction of sp³-hybridized carbons (Fsp3) is 0.750. The molecule has 0 amide bonds. The van der Waals surface area contributed by atoms with E-state index in [9.17, 15) is 0 Å². The van der Waals surface area contributed by atoms with Crippen LogP contribution in [0.5, 0.6) is 0 Å². The molecule has 6 heteroatoms. The van der Waals surface area contributed by atoms with Crippen LogP contribution in [0.2, 0.25) is 0 Å².